The smallest absolute Gasteiger partial charge is 0.343 e. The molecule has 1 aromatic carbocycles. The average molecular weight is 617 g/mol. The molecule has 0 radical (unpaired) electrons. The van der Waals surface area contributed by atoms with E-state index in [0.717, 1.165) is 18.4 Å². The van der Waals surface area contributed by atoms with E-state index < -0.39 is 59.8 Å². The van der Waals surface area contributed by atoms with Gasteiger partial charge in [0.2, 0.25) is 5.60 Å². The highest BCUT2D eigenvalue weighted by Crippen LogP contribution is 2.53. The highest BCUT2D eigenvalue weighted by Gasteiger charge is 2.78. The first-order valence-electron chi connectivity index (χ1n) is 15.3. The molecule has 0 aliphatic carbocycles. The molecular weight excluding hydrogens is 568 g/mol. The standard InChI is InChI=1S/C34H48O10/c1-8-21(2)18-22(3)14-15-27(36)43-30-29(37)33(41-20-32(7,40)34(30,44-33)31(38)39)17-16-23(4)28(42-25(6)35)24(5)19-26-12-10-9-11-13-26/h9-15,21-22,24,28-30,37,40H,4,8,16-20H2,1-3,5-7H3,(H,38,39)/b15-14+/t21-,22+,24+,28+,29+,30+,32?,33?,34?/m0/s1. The maximum absolute atomic E-state index is 12.9. The maximum atomic E-state index is 12.9. The minimum atomic E-state index is -2.51. The Morgan fingerprint density at radius 3 is 2.43 bits per heavy atom. The molecule has 2 fully saturated rings. The second-order valence-corrected chi connectivity index (χ2v) is 12.8. The zero-order valence-electron chi connectivity index (χ0n) is 26.7. The number of aliphatic hydroxyl groups excluding tert-OH is 1. The van der Waals surface area contributed by atoms with Gasteiger partial charge in [-0.05, 0) is 49.2 Å². The Bertz CT molecular complexity index is 1210. The summed E-state index contributed by atoms with van der Waals surface area (Å²) in [5.41, 5.74) is -3.10. The van der Waals surface area contributed by atoms with E-state index in [-0.39, 0.29) is 24.7 Å². The molecule has 1 aromatic rings. The second kappa shape index (κ2) is 14.4. The number of benzene rings is 1. The Balaban J connectivity index is 1.82. The molecule has 10 nitrogen and oxygen atoms in total. The number of aliphatic carboxylic acids is 1. The van der Waals surface area contributed by atoms with Gasteiger partial charge < -0.3 is 34.3 Å². The number of carboxylic acid groups (broad SMARTS) is 1. The number of aliphatic hydroxyl groups is 2. The first-order chi connectivity index (χ1) is 20.6. The summed E-state index contributed by atoms with van der Waals surface area (Å²) in [6, 6.07) is 9.71. The SMILES string of the molecule is C=C(CCC12OCC(C)(O)C(C(=O)O)(O1)[C@H](OC(=O)/C=C/[C@@H](C)C[C@@H](C)CC)[C@H]2O)[C@@H](OC(C)=O)[C@H](C)Cc1ccccc1. The molecule has 244 valence electrons. The van der Waals surface area contributed by atoms with Gasteiger partial charge in [0.25, 0.3) is 0 Å². The monoisotopic (exact) mass is 616 g/mol. The van der Waals surface area contributed by atoms with Crippen molar-refractivity contribution in [3.8, 4) is 0 Å². The normalized spacial score (nSPS) is 30.7. The Morgan fingerprint density at radius 2 is 1.84 bits per heavy atom. The summed E-state index contributed by atoms with van der Waals surface area (Å²) in [5.74, 6) is -4.55. The van der Waals surface area contributed by atoms with Gasteiger partial charge >= 0.3 is 17.9 Å². The number of carbonyl (C=O) groups excluding carboxylic acids is 2. The van der Waals surface area contributed by atoms with Crippen molar-refractivity contribution in [2.75, 3.05) is 6.61 Å². The van der Waals surface area contributed by atoms with Crippen LogP contribution in [-0.4, -0.2) is 75.1 Å². The van der Waals surface area contributed by atoms with Crippen LogP contribution in [0, 0.1) is 17.8 Å². The summed E-state index contributed by atoms with van der Waals surface area (Å²) in [6.45, 7) is 14.2. The highest BCUT2D eigenvalue weighted by molar-refractivity contribution is 5.85. The number of fused-ring (bicyclic) bond motifs is 2. The largest absolute Gasteiger partial charge is 0.479 e. The number of hydrogen-bond donors (Lipinski definition) is 3. The van der Waals surface area contributed by atoms with Crippen molar-refractivity contribution >= 4 is 17.9 Å². The first-order valence-corrected chi connectivity index (χ1v) is 15.3. The molecule has 2 heterocycles. The van der Waals surface area contributed by atoms with Crippen LogP contribution in [0.25, 0.3) is 0 Å². The van der Waals surface area contributed by atoms with Crippen molar-refractivity contribution in [1.29, 1.82) is 0 Å². The van der Waals surface area contributed by atoms with Gasteiger partial charge in [0.1, 0.15) is 17.8 Å². The van der Waals surface area contributed by atoms with Crippen molar-refractivity contribution in [3.63, 3.8) is 0 Å². The number of carboxylic acids is 1. The van der Waals surface area contributed by atoms with Gasteiger partial charge in [-0.3, -0.25) is 4.79 Å². The number of esters is 2. The van der Waals surface area contributed by atoms with Crippen molar-refractivity contribution in [2.24, 2.45) is 17.8 Å². The van der Waals surface area contributed by atoms with Gasteiger partial charge in [-0.25, -0.2) is 9.59 Å². The van der Waals surface area contributed by atoms with E-state index >= 15 is 0 Å². The maximum Gasteiger partial charge on any atom is 0.343 e. The van der Waals surface area contributed by atoms with Crippen molar-refractivity contribution in [2.45, 2.75) is 109 Å². The molecule has 2 bridgehead atoms. The molecule has 0 amide bonds. The molecule has 0 aromatic heterocycles. The third kappa shape index (κ3) is 7.59. The van der Waals surface area contributed by atoms with Gasteiger partial charge in [-0.1, -0.05) is 77.1 Å². The summed E-state index contributed by atoms with van der Waals surface area (Å²) < 4.78 is 23.0. The highest BCUT2D eigenvalue weighted by atomic mass is 16.8. The van der Waals surface area contributed by atoms with Gasteiger partial charge in [0, 0.05) is 25.3 Å². The Morgan fingerprint density at radius 1 is 1.18 bits per heavy atom. The van der Waals surface area contributed by atoms with Crippen LogP contribution in [0.2, 0.25) is 0 Å². The van der Waals surface area contributed by atoms with Gasteiger partial charge in [0.05, 0.1) is 6.61 Å². The van der Waals surface area contributed by atoms with E-state index in [0.29, 0.717) is 17.9 Å². The topological polar surface area (TPSA) is 149 Å². The minimum absolute atomic E-state index is 0.0631. The lowest BCUT2D eigenvalue weighted by molar-refractivity contribution is -0.356. The number of carbonyl (C=O) groups is 3. The summed E-state index contributed by atoms with van der Waals surface area (Å²) in [5, 5.41) is 33.0. The molecule has 44 heavy (non-hydrogen) atoms. The van der Waals surface area contributed by atoms with E-state index in [1.165, 1.54) is 19.9 Å². The fourth-order valence-electron chi connectivity index (χ4n) is 6.20. The summed E-state index contributed by atoms with van der Waals surface area (Å²) >= 11 is 0. The first kappa shape index (κ1) is 35.4. The lowest BCUT2D eigenvalue weighted by Crippen LogP contribution is -2.69. The fourth-order valence-corrected chi connectivity index (χ4v) is 6.20. The molecule has 3 N–H and O–H groups in total. The number of hydrogen-bond acceptors (Lipinski definition) is 9. The van der Waals surface area contributed by atoms with Crippen LogP contribution in [0.5, 0.6) is 0 Å². The van der Waals surface area contributed by atoms with Crippen LogP contribution in [0.1, 0.15) is 72.8 Å². The van der Waals surface area contributed by atoms with Gasteiger partial charge in [-0.2, -0.15) is 0 Å². The average Bonchev–Trinajstić information content (AvgIpc) is 3.18. The molecule has 3 unspecified atom stereocenters. The van der Waals surface area contributed by atoms with Crippen LogP contribution >= 0.6 is 0 Å². The molecule has 0 saturated carbocycles. The molecule has 0 spiro atoms. The summed E-state index contributed by atoms with van der Waals surface area (Å²) in [7, 11) is 0. The van der Waals surface area contributed by atoms with E-state index in [9.17, 15) is 29.7 Å². The summed E-state index contributed by atoms with van der Waals surface area (Å²) in [4.78, 5) is 37.6. The van der Waals surface area contributed by atoms with E-state index in [1.807, 2.05) is 44.2 Å². The predicted molar refractivity (Wildman–Crippen MR) is 162 cm³/mol. The van der Waals surface area contributed by atoms with E-state index in [4.69, 9.17) is 18.9 Å². The van der Waals surface area contributed by atoms with Crippen LogP contribution in [-0.2, 0) is 39.8 Å². The van der Waals surface area contributed by atoms with E-state index in [1.54, 1.807) is 6.08 Å². The van der Waals surface area contributed by atoms with Crippen LogP contribution < -0.4 is 0 Å². The molecule has 10 heteroatoms. The summed E-state index contributed by atoms with van der Waals surface area (Å²) in [6.07, 6.45) is 1.10. The van der Waals surface area contributed by atoms with Crippen LogP contribution in [0.3, 0.4) is 0 Å². The molecule has 2 aliphatic rings. The third-order valence-corrected chi connectivity index (χ3v) is 8.87. The van der Waals surface area contributed by atoms with Crippen molar-refractivity contribution in [3.05, 3.63) is 60.2 Å². The van der Waals surface area contributed by atoms with Gasteiger partial charge in [0.15, 0.2) is 11.9 Å². The van der Waals surface area contributed by atoms with E-state index in [2.05, 4.69) is 20.4 Å². The number of allylic oxidation sites excluding steroid dienone is 1. The molecule has 3 rings (SSSR count). The zero-order valence-corrected chi connectivity index (χ0v) is 26.7. The van der Waals surface area contributed by atoms with Crippen LogP contribution in [0.15, 0.2) is 54.6 Å². The second-order valence-electron chi connectivity index (χ2n) is 12.8. The number of rotatable bonds is 15. The minimum Gasteiger partial charge on any atom is -0.479 e. The van der Waals surface area contributed by atoms with Crippen molar-refractivity contribution in [1.82, 2.24) is 0 Å². The Hall–Kier alpha value is -3.05. The number of ether oxygens (including phenoxy) is 4. The Kier molecular flexibility index (Phi) is 11.6. The molecule has 2 aliphatic heterocycles. The lowest BCUT2D eigenvalue weighted by atomic mass is 9.79. The third-order valence-electron chi connectivity index (χ3n) is 8.87. The Labute approximate surface area is 260 Å². The molecule has 2 saturated heterocycles. The zero-order chi connectivity index (χ0) is 32.9. The fraction of sp³-hybridized carbons (Fsp3) is 0.618. The quantitative estimate of drug-likeness (QED) is 0.147. The van der Waals surface area contributed by atoms with Gasteiger partial charge in [-0.15, -0.1) is 0 Å². The molecule has 9 atom stereocenters. The predicted octanol–water partition coefficient (Wildman–Crippen LogP) is 4.37. The van der Waals surface area contributed by atoms with Crippen molar-refractivity contribution < 1.29 is 48.7 Å². The molecular formula is C34H48O10. The lowest BCUT2D eigenvalue weighted by Gasteiger charge is -2.46. The van der Waals surface area contributed by atoms with Crippen LogP contribution in [0.4, 0.5) is 0 Å².